The molecule has 24 heavy (non-hydrogen) atoms. The number of nitrogens with zero attached hydrogens (tertiary/aromatic N) is 2. The summed E-state index contributed by atoms with van der Waals surface area (Å²) in [6.07, 6.45) is 1.71. The minimum Gasteiger partial charge on any atom is -0.493 e. The molecule has 0 aliphatic rings. The van der Waals surface area contributed by atoms with Crippen molar-refractivity contribution in [3.63, 3.8) is 0 Å². The van der Waals surface area contributed by atoms with Crippen LogP contribution in [0.25, 0.3) is 0 Å². The SMILES string of the molecule is COc1cc(NC(=O)C(C)n2cc(Br)c(C)n2)ccc1OC(F)F. The zero-order valence-corrected chi connectivity index (χ0v) is 14.8. The van der Waals surface area contributed by atoms with Gasteiger partial charge in [-0.1, -0.05) is 0 Å². The van der Waals surface area contributed by atoms with E-state index in [0.717, 1.165) is 10.2 Å². The Bertz CT molecular complexity index is 717. The molecule has 1 aromatic heterocycles. The van der Waals surface area contributed by atoms with E-state index in [1.165, 1.54) is 30.0 Å². The number of aromatic nitrogens is 2. The monoisotopic (exact) mass is 403 g/mol. The summed E-state index contributed by atoms with van der Waals surface area (Å²) in [5.74, 6) is -0.321. The minimum absolute atomic E-state index is 0.0958. The summed E-state index contributed by atoms with van der Waals surface area (Å²) in [5, 5.41) is 6.92. The maximum absolute atomic E-state index is 12.3. The second-order valence-electron chi connectivity index (χ2n) is 4.95. The molecule has 0 aliphatic heterocycles. The van der Waals surface area contributed by atoms with Crippen LogP contribution in [0, 0.1) is 6.92 Å². The first kappa shape index (κ1) is 18.2. The van der Waals surface area contributed by atoms with E-state index in [0.29, 0.717) is 5.69 Å². The molecule has 0 bridgehead atoms. The number of anilines is 1. The van der Waals surface area contributed by atoms with Gasteiger partial charge in [-0.15, -0.1) is 0 Å². The van der Waals surface area contributed by atoms with Gasteiger partial charge in [0.2, 0.25) is 5.91 Å². The molecule has 0 aliphatic carbocycles. The van der Waals surface area contributed by atoms with E-state index < -0.39 is 12.7 Å². The summed E-state index contributed by atoms with van der Waals surface area (Å²) in [6.45, 7) is 0.554. The fourth-order valence-corrected chi connectivity index (χ4v) is 2.25. The van der Waals surface area contributed by atoms with Gasteiger partial charge in [0.1, 0.15) is 6.04 Å². The number of amides is 1. The average Bonchev–Trinajstić information content (AvgIpc) is 2.86. The van der Waals surface area contributed by atoms with Crippen LogP contribution in [0.1, 0.15) is 18.7 Å². The Labute approximate surface area is 145 Å². The Morgan fingerprint density at radius 2 is 2.08 bits per heavy atom. The number of hydrogen-bond donors (Lipinski definition) is 1. The zero-order chi connectivity index (χ0) is 17.9. The molecule has 0 spiro atoms. The van der Waals surface area contributed by atoms with Gasteiger partial charge in [-0.05, 0) is 41.9 Å². The Kier molecular flexibility index (Phi) is 5.76. The fraction of sp³-hybridized carbons (Fsp3) is 0.333. The maximum atomic E-state index is 12.3. The minimum atomic E-state index is -2.96. The number of benzene rings is 1. The number of methoxy groups -OCH3 is 1. The van der Waals surface area contributed by atoms with Crippen molar-refractivity contribution in [1.82, 2.24) is 9.78 Å². The van der Waals surface area contributed by atoms with Gasteiger partial charge in [-0.3, -0.25) is 9.48 Å². The van der Waals surface area contributed by atoms with E-state index in [4.69, 9.17) is 4.74 Å². The molecule has 2 rings (SSSR count). The molecule has 1 unspecified atom stereocenters. The first-order chi connectivity index (χ1) is 11.3. The molecule has 1 N–H and O–H groups in total. The number of alkyl halides is 2. The highest BCUT2D eigenvalue weighted by atomic mass is 79.9. The number of hydrogen-bond acceptors (Lipinski definition) is 4. The Balaban J connectivity index is 2.13. The van der Waals surface area contributed by atoms with Crippen molar-refractivity contribution >= 4 is 27.5 Å². The topological polar surface area (TPSA) is 65.4 Å². The molecule has 1 aromatic carbocycles. The summed E-state index contributed by atoms with van der Waals surface area (Å²) in [6, 6.07) is 3.61. The lowest BCUT2D eigenvalue weighted by molar-refractivity contribution is -0.119. The third-order valence-corrected chi connectivity index (χ3v) is 4.06. The van der Waals surface area contributed by atoms with Crippen molar-refractivity contribution in [2.24, 2.45) is 0 Å². The lowest BCUT2D eigenvalue weighted by Gasteiger charge is -2.15. The van der Waals surface area contributed by atoms with Crippen LogP contribution in [-0.4, -0.2) is 29.4 Å². The third kappa shape index (κ3) is 4.22. The Morgan fingerprint density at radius 3 is 2.62 bits per heavy atom. The van der Waals surface area contributed by atoms with Crippen LogP contribution in [0.3, 0.4) is 0 Å². The van der Waals surface area contributed by atoms with Gasteiger partial charge in [0.05, 0.1) is 17.3 Å². The van der Waals surface area contributed by atoms with E-state index in [2.05, 4.69) is 31.1 Å². The van der Waals surface area contributed by atoms with Gasteiger partial charge < -0.3 is 14.8 Å². The van der Waals surface area contributed by atoms with E-state index in [1.54, 1.807) is 13.1 Å². The smallest absolute Gasteiger partial charge is 0.387 e. The number of carbonyl (C=O) groups excluding carboxylic acids is 1. The lowest BCUT2D eigenvalue weighted by Crippen LogP contribution is -2.24. The van der Waals surface area contributed by atoms with Crippen LogP contribution in [-0.2, 0) is 4.79 Å². The summed E-state index contributed by atoms with van der Waals surface area (Å²) in [5.41, 5.74) is 1.16. The number of rotatable bonds is 6. The fourth-order valence-electron chi connectivity index (χ4n) is 1.96. The van der Waals surface area contributed by atoms with Crippen molar-refractivity contribution < 1.29 is 23.0 Å². The van der Waals surface area contributed by atoms with Gasteiger partial charge in [0.15, 0.2) is 11.5 Å². The largest absolute Gasteiger partial charge is 0.493 e. The first-order valence-electron chi connectivity index (χ1n) is 6.96. The molecule has 0 radical (unpaired) electrons. The summed E-state index contributed by atoms with van der Waals surface area (Å²) in [7, 11) is 1.33. The lowest BCUT2D eigenvalue weighted by atomic mass is 10.2. The zero-order valence-electron chi connectivity index (χ0n) is 13.2. The van der Waals surface area contributed by atoms with Gasteiger partial charge in [0.25, 0.3) is 0 Å². The van der Waals surface area contributed by atoms with Crippen molar-refractivity contribution in [3.8, 4) is 11.5 Å². The molecular weight excluding hydrogens is 388 g/mol. The first-order valence-corrected chi connectivity index (χ1v) is 7.76. The molecular formula is C15H16BrF2N3O3. The predicted molar refractivity (Wildman–Crippen MR) is 87.6 cm³/mol. The van der Waals surface area contributed by atoms with Crippen molar-refractivity contribution in [1.29, 1.82) is 0 Å². The van der Waals surface area contributed by atoms with Gasteiger partial charge >= 0.3 is 6.61 Å². The van der Waals surface area contributed by atoms with Gasteiger partial charge in [0, 0.05) is 18.0 Å². The summed E-state index contributed by atoms with van der Waals surface area (Å²) >= 11 is 3.34. The van der Waals surface area contributed by atoms with Gasteiger partial charge in [-0.25, -0.2) is 0 Å². The van der Waals surface area contributed by atoms with Crippen molar-refractivity contribution in [2.45, 2.75) is 26.5 Å². The van der Waals surface area contributed by atoms with Gasteiger partial charge in [-0.2, -0.15) is 13.9 Å². The molecule has 1 heterocycles. The quantitative estimate of drug-likeness (QED) is 0.797. The van der Waals surface area contributed by atoms with Crippen molar-refractivity contribution in [3.05, 3.63) is 34.6 Å². The molecule has 1 atom stereocenters. The second-order valence-corrected chi connectivity index (χ2v) is 5.81. The molecule has 0 saturated carbocycles. The van der Waals surface area contributed by atoms with E-state index in [1.807, 2.05) is 6.92 Å². The summed E-state index contributed by atoms with van der Waals surface area (Å²) < 4.78 is 36.3. The molecule has 0 fully saturated rings. The molecule has 0 saturated heterocycles. The van der Waals surface area contributed by atoms with Crippen LogP contribution < -0.4 is 14.8 Å². The molecule has 1 amide bonds. The Hall–Kier alpha value is -2.16. The van der Waals surface area contributed by atoms with Crippen LogP contribution in [0.5, 0.6) is 11.5 Å². The number of ether oxygens (including phenoxy) is 2. The van der Waals surface area contributed by atoms with Crippen LogP contribution in [0.4, 0.5) is 14.5 Å². The number of carbonyl (C=O) groups is 1. The number of aryl methyl sites for hydroxylation is 1. The van der Waals surface area contributed by atoms with E-state index in [-0.39, 0.29) is 17.4 Å². The van der Waals surface area contributed by atoms with Crippen molar-refractivity contribution in [2.75, 3.05) is 12.4 Å². The molecule has 130 valence electrons. The maximum Gasteiger partial charge on any atom is 0.387 e. The third-order valence-electron chi connectivity index (χ3n) is 3.28. The normalized spacial score (nSPS) is 12.1. The summed E-state index contributed by atoms with van der Waals surface area (Å²) in [4.78, 5) is 12.3. The standard InChI is InChI=1S/C15H16BrF2N3O3/c1-8-11(16)7-21(20-8)9(2)14(22)19-10-4-5-12(24-15(17)18)13(6-10)23-3/h4-7,9,15H,1-3H3,(H,19,22). The van der Waals surface area contributed by atoms with E-state index >= 15 is 0 Å². The van der Waals surface area contributed by atoms with E-state index in [9.17, 15) is 13.6 Å². The highest BCUT2D eigenvalue weighted by molar-refractivity contribution is 9.10. The molecule has 2 aromatic rings. The van der Waals surface area contributed by atoms with Crippen LogP contribution >= 0.6 is 15.9 Å². The molecule has 6 nitrogen and oxygen atoms in total. The highest BCUT2D eigenvalue weighted by Crippen LogP contribution is 2.31. The highest BCUT2D eigenvalue weighted by Gasteiger charge is 2.18. The molecule has 9 heteroatoms. The second kappa shape index (κ2) is 7.61. The number of nitrogens with one attached hydrogen (secondary N) is 1. The Morgan fingerprint density at radius 1 is 1.38 bits per heavy atom. The average molecular weight is 404 g/mol. The predicted octanol–water partition coefficient (Wildman–Crippen LogP) is 3.76. The van der Waals surface area contributed by atoms with Crippen LogP contribution in [0.2, 0.25) is 0 Å². The number of halogens is 3. The van der Waals surface area contributed by atoms with Crippen LogP contribution in [0.15, 0.2) is 28.9 Å².